The second kappa shape index (κ2) is 4.70. The molecule has 4 heteroatoms. The molecule has 0 aromatic heterocycles. The third-order valence-corrected chi connectivity index (χ3v) is 2.98. The molecule has 16 heavy (non-hydrogen) atoms. The molecule has 1 aliphatic heterocycles. The first kappa shape index (κ1) is 11.2. The molecule has 0 saturated carbocycles. The molecule has 1 aromatic rings. The lowest BCUT2D eigenvalue weighted by atomic mass is 9.98. The quantitative estimate of drug-likeness (QED) is 0.670. The molecule has 2 rings (SSSR count). The number of carbonyl (C=O) groups excluding carboxylic acids is 1. The molecule has 1 heterocycles. The molecular weight excluding hydrogens is 270 g/mol. The highest BCUT2D eigenvalue weighted by molar-refractivity contribution is 9.10. The van der Waals surface area contributed by atoms with Crippen LogP contribution in [0.1, 0.15) is 23.2 Å². The fourth-order valence-electron chi connectivity index (χ4n) is 1.64. The van der Waals surface area contributed by atoms with Gasteiger partial charge in [-0.2, -0.15) is 0 Å². The van der Waals surface area contributed by atoms with Crippen molar-refractivity contribution < 1.29 is 9.53 Å². The van der Waals surface area contributed by atoms with E-state index in [4.69, 9.17) is 10.5 Å². The van der Waals surface area contributed by atoms with Crippen molar-refractivity contribution in [1.29, 1.82) is 0 Å². The van der Waals surface area contributed by atoms with Gasteiger partial charge < -0.3 is 10.5 Å². The molecule has 2 N–H and O–H groups in total. The lowest BCUT2D eigenvalue weighted by Gasteiger charge is -2.13. The van der Waals surface area contributed by atoms with E-state index in [2.05, 4.69) is 15.9 Å². The van der Waals surface area contributed by atoms with Gasteiger partial charge >= 0.3 is 0 Å². The van der Waals surface area contributed by atoms with Crippen LogP contribution in [0.5, 0.6) is 0 Å². The molecule has 0 fully saturated rings. The van der Waals surface area contributed by atoms with Gasteiger partial charge in [0.15, 0.2) is 5.78 Å². The van der Waals surface area contributed by atoms with E-state index >= 15 is 0 Å². The maximum Gasteiger partial charge on any atom is 0.194 e. The van der Waals surface area contributed by atoms with Gasteiger partial charge in [0.05, 0.1) is 12.9 Å². The van der Waals surface area contributed by atoms with Crippen molar-refractivity contribution in [3.8, 4) is 0 Å². The molecule has 84 valence electrons. The van der Waals surface area contributed by atoms with E-state index in [1.807, 2.05) is 6.07 Å². The predicted molar refractivity (Wildman–Crippen MR) is 66.2 cm³/mol. The van der Waals surface area contributed by atoms with Gasteiger partial charge in [-0.25, -0.2) is 0 Å². The minimum atomic E-state index is -0.0373. The molecule has 1 aromatic carbocycles. The lowest BCUT2D eigenvalue weighted by molar-refractivity contribution is 0.101. The summed E-state index contributed by atoms with van der Waals surface area (Å²) in [5.41, 5.74) is 7.54. The van der Waals surface area contributed by atoms with E-state index in [1.165, 1.54) is 0 Å². The Morgan fingerprint density at radius 1 is 1.44 bits per heavy atom. The summed E-state index contributed by atoms with van der Waals surface area (Å²) in [5.74, 6) is -0.0373. The van der Waals surface area contributed by atoms with Crippen molar-refractivity contribution in [2.75, 3.05) is 12.3 Å². The van der Waals surface area contributed by atoms with Crippen LogP contribution in [0.3, 0.4) is 0 Å². The molecule has 0 aliphatic carbocycles. The van der Waals surface area contributed by atoms with Crippen LogP contribution in [0.4, 0.5) is 5.69 Å². The number of Topliss-reactive ketones (excluding diaryl/α,β-unsaturated/α-hetero) is 1. The number of hydrogen-bond donors (Lipinski definition) is 1. The van der Waals surface area contributed by atoms with Crippen LogP contribution in [-0.4, -0.2) is 12.4 Å². The number of hydrogen-bond acceptors (Lipinski definition) is 3. The maximum absolute atomic E-state index is 12.1. The van der Waals surface area contributed by atoms with Crippen LogP contribution in [0.2, 0.25) is 0 Å². The summed E-state index contributed by atoms with van der Waals surface area (Å²) < 4.78 is 6.03. The standard InChI is InChI=1S/C12H12BrNO2/c13-9-3-4-10(11(14)6-9)12(15)8-2-1-5-16-7-8/h3-4,6-7H,1-2,5,14H2. The van der Waals surface area contributed by atoms with E-state index in [1.54, 1.807) is 18.4 Å². The van der Waals surface area contributed by atoms with Crippen LogP contribution >= 0.6 is 15.9 Å². The summed E-state index contributed by atoms with van der Waals surface area (Å²) in [7, 11) is 0. The molecule has 1 aliphatic rings. The molecule has 0 spiro atoms. The molecule has 0 bridgehead atoms. The minimum Gasteiger partial charge on any atom is -0.501 e. The summed E-state index contributed by atoms with van der Waals surface area (Å²) in [6, 6.07) is 5.28. The van der Waals surface area contributed by atoms with Crippen molar-refractivity contribution in [1.82, 2.24) is 0 Å². The van der Waals surface area contributed by atoms with E-state index < -0.39 is 0 Å². The zero-order valence-corrected chi connectivity index (χ0v) is 10.3. The Kier molecular flexibility index (Phi) is 3.29. The Hall–Kier alpha value is -1.29. The monoisotopic (exact) mass is 281 g/mol. The number of ether oxygens (including phenoxy) is 1. The summed E-state index contributed by atoms with van der Waals surface area (Å²) in [6.45, 7) is 0.687. The number of rotatable bonds is 2. The van der Waals surface area contributed by atoms with Crippen LogP contribution < -0.4 is 5.73 Å². The molecule has 0 atom stereocenters. The van der Waals surface area contributed by atoms with Crippen molar-refractivity contribution in [2.45, 2.75) is 12.8 Å². The molecule has 0 saturated heterocycles. The van der Waals surface area contributed by atoms with Gasteiger partial charge in [-0.1, -0.05) is 15.9 Å². The number of allylic oxidation sites excluding steroid dienone is 1. The number of ketones is 1. The zero-order valence-electron chi connectivity index (χ0n) is 8.70. The van der Waals surface area contributed by atoms with Gasteiger partial charge in [0.2, 0.25) is 0 Å². The highest BCUT2D eigenvalue weighted by Crippen LogP contribution is 2.24. The number of anilines is 1. The Bertz CT molecular complexity index is 454. The third-order valence-electron chi connectivity index (χ3n) is 2.48. The summed E-state index contributed by atoms with van der Waals surface area (Å²) in [5, 5.41) is 0. The number of nitrogens with two attached hydrogens (primary N) is 1. The normalized spacial score (nSPS) is 15.2. The Morgan fingerprint density at radius 2 is 2.25 bits per heavy atom. The third kappa shape index (κ3) is 2.27. The summed E-state index contributed by atoms with van der Waals surface area (Å²) in [6.07, 6.45) is 3.19. The van der Waals surface area contributed by atoms with E-state index in [0.29, 0.717) is 23.4 Å². The van der Waals surface area contributed by atoms with Gasteiger partial charge in [0.25, 0.3) is 0 Å². The lowest BCUT2D eigenvalue weighted by Crippen LogP contribution is -2.11. The van der Waals surface area contributed by atoms with Crippen molar-refractivity contribution >= 4 is 27.4 Å². The van der Waals surface area contributed by atoms with Crippen LogP contribution in [0.25, 0.3) is 0 Å². The highest BCUT2D eigenvalue weighted by Gasteiger charge is 2.17. The second-order valence-corrected chi connectivity index (χ2v) is 4.59. The largest absolute Gasteiger partial charge is 0.501 e. The van der Waals surface area contributed by atoms with Gasteiger partial charge in [0, 0.05) is 21.3 Å². The zero-order chi connectivity index (χ0) is 11.5. The van der Waals surface area contributed by atoms with Crippen LogP contribution in [-0.2, 0) is 4.74 Å². The molecule has 0 amide bonds. The van der Waals surface area contributed by atoms with Gasteiger partial charge in [-0.3, -0.25) is 4.79 Å². The van der Waals surface area contributed by atoms with E-state index in [-0.39, 0.29) is 5.78 Å². The Morgan fingerprint density at radius 3 is 2.88 bits per heavy atom. The van der Waals surface area contributed by atoms with Gasteiger partial charge in [-0.05, 0) is 31.0 Å². The van der Waals surface area contributed by atoms with E-state index in [0.717, 1.165) is 17.3 Å². The predicted octanol–water partition coefficient (Wildman–Crippen LogP) is 2.91. The van der Waals surface area contributed by atoms with Gasteiger partial charge in [-0.15, -0.1) is 0 Å². The number of carbonyl (C=O) groups is 1. The first-order valence-corrected chi connectivity index (χ1v) is 5.88. The topological polar surface area (TPSA) is 52.3 Å². The first-order chi connectivity index (χ1) is 7.68. The molecule has 0 unspecified atom stereocenters. The molecule has 3 nitrogen and oxygen atoms in total. The fraction of sp³-hybridized carbons (Fsp3) is 0.250. The second-order valence-electron chi connectivity index (χ2n) is 3.68. The van der Waals surface area contributed by atoms with Crippen molar-refractivity contribution in [3.63, 3.8) is 0 Å². The number of benzene rings is 1. The average molecular weight is 282 g/mol. The van der Waals surface area contributed by atoms with Crippen molar-refractivity contribution in [2.24, 2.45) is 0 Å². The molecule has 0 radical (unpaired) electrons. The average Bonchev–Trinajstić information content (AvgIpc) is 2.29. The SMILES string of the molecule is Nc1cc(Br)ccc1C(=O)C1=COCCC1. The Balaban J connectivity index is 2.30. The smallest absolute Gasteiger partial charge is 0.194 e. The summed E-state index contributed by atoms with van der Waals surface area (Å²) >= 11 is 3.31. The van der Waals surface area contributed by atoms with Crippen LogP contribution in [0, 0.1) is 0 Å². The van der Waals surface area contributed by atoms with Crippen LogP contribution in [0.15, 0.2) is 34.5 Å². The fourth-order valence-corrected chi connectivity index (χ4v) is 2.02. The van der Waals surface area contributed by atoms with Crippen molar-refractivity contribution in [3.05, 3.63) is 40.1 Å². The van der Waals surface area contributed by atoms with Gasteiger partial charge in [0.1, 0.15) is 0 Å². The maximum atomic E-state index is 12.1. The molecular formula is C12H12BrNO2. The Labute approximate surface area is 102 Å². The highest BCUT2D eigenvalue weighted by atomic mass is 79.9. The minimum absolute atomic E-state index is 0.0373. The number of halogens is 1. The summed E-state index contributed by atoms with van der Waals surface area (Å²) in [4.78, 5) is 12.1. The number of nitrogen functional groups attached to an aromatic ring is 1. The van der Waals surface area contributed by atoms with E-state index in [9.17, 15) is 4.79 Å². The first-order valence-electron chi connectivity index (χ1n) is 5.09.